The molecule has 3 heterocycles. The van der Waals surface area contributed by atoms with Crippen LogP contribution >= 0.6 is 22.7 Å². The van der Waals surface area contributed by atoms with Gasteiger partial charge >= 0.3 is 0 Å². The Morgan fingerprint density at radius 1 is 1.35 bits per heavy atom. The van der Waals surface area contributed by atoms with E-state index in [4.69, 9.17) is 4.74 Å². The van der Waals surface area contributed by atoms with E-state index in [0.717, 1.165) is 16.8 Å². The molecule has 6 heteroatoms. The van der Waals surface area contributed by atoms with Gasteiger partial charge in [-0.15, -0.1) is 22.7 Å². The first-order valence-corrected chi connectivity index (χ1v) is 8.13. The molecule has 0 aromatic carbocycles. The Hall–Kier alpha value is -1.66. The van der Waals surface area contributed by atoms with Crippen LogP contribution in [0.1, 0.15) is 16.7 Å². The lowest BCUT2D eigenvalue weighted by molar-refractivity contribution is 0.301. The number of thiophene rings is 2. The number of anilines is 1. The highest BCUT2D eigenvalue weighted by Gasteiger charge is 2.11. The fourth-order valence-electron chi connectivity index (χ4n) is 1.90. The maximum Gasteiger partial charge on any atom is 0.227 e. The summed E-state index contributed by atoms with van der Waals surface area (Å²) in [5.41, 5.74) is 0. The lowest BCUT2D eigenvalue weighted by Gasteiger charge is -2.07. The van der Waals surface area contributed by atoms with Gasteiger partial charge in [-0.25, -0.2) is 4.98 Å². The van der Waals surface area contributed by atoms with Gasteiger partial charge in [0, 0.05) is 16.3 Å². The minimum absolute atomic E-state index is 0.546. The molecule has 0 spiro atoms. The molecular weight excluding hydrogens is 290 g/mol. The third-order valence-electron chi connectivity index (χ3n) is 2.75. The molecule has 1 N–H and O–H groups in total. The summed E-state index contributed by atoms with van der Waals surface area (Å²) >= 11 is 3.35. The van der Waals surface area contributed by atoms with Crippen LogP contribution < -0.4 is 10.1 Å². The molecule has 0 aliphatic carbocycles. The van der Waals surface area contributed by atoms with Crippen LogP contribution in [-0.2, 0) is 6.61 Å². The monoisotopic (exact) mass is 305 g/mol. The Balaban J connectivity index is 1.93. The zero-order chi connectivity index (χ0) is 13.9. The average Bonchev–Trinajstić information content (AvgIpc) is 3.04. The van der Waals surface area contributed by atoms with Crippen LogP contribution in [0.5, 0.6) is 5.88 Å². The van der Waals surface area contributed by atoms with Crippen molar-refractivity contribution in [3.8, 4) is 5.88 Å². The largest absolute Gasteiger partial charge is 0.471 e. The molecule has 0 aliphatic heterocycles. The van der Waals surface area contributed by atoms with Gasteiger partial charge < -0.3 is 10.1 Å². The molecular formula is C14H15N3OS2. The molecule has 20 heavy (non-hydrogen) atoms. The number of nitrogens with one attached hydrogen (secondary N) is 1. The first kappa shape index (κ1) is 13.3. The fourth-order valence-corrected chi connectivity index (χ4v) is 3.38. The number of hydrogen-bond donors (Lipinski definition) is 1. The highest BCUT2D eigenvalue weighted by molar-refractivity contribution is 7.18. The van der Waals surface area contributed by atoms with Gasteiger partial charge in [0.15, 0.2) is 0 Å². The van der Waals surface area contributed by atoms with E-state index in [2.05, 4.69) is 34.3 Å². The number of aryl methyl sites for hydroxylation is 1. The van der Waals surface area contributed by atoms with Gasteiger partial charge in [0.05, 0.1) is 5.39 Å². The summed E-state index contributed by atoms with van der Waals surface area (Å²) in [5, 5.41) is 6.19. The first-order chi connectivity index (χ1) is 9.76. The summed E-state index contributed by atoms with van der Waals surface area (Å²) in [6.45, 7) is 5.44. The van der Waals surface area contributed by atoms with Crippen molar-refractivity contribution in [1.82, 2.24) is 9.97 Å². The molecule has 0 bridgehead atoms. The van der Waals surface area contributed by atoms with E-state index in [0.29, 0.717) is 18.4 Å². The third-order valence-corrected chi connectivity index (χ3v) is 4.54. The molecule has 4 nitrogen and oxygen atoms in total. The number of rotatable bonds is 5. The van der Waals surface area contributed by atoms with Gasteiger partial charge in [0.25, 0.3) is 0 Å². The van der Waals surface area contributed by atoms with Crippen molar-refractivity contribution >= 4 is 38.8 Å². The van der Waals surface area contributed by atoms with E-state index in [1.807, 2.05) is 18.4 Å². The van der Waals surface area contributed by atoms with Crippen molar-refractivity contribution in [2.45, 2.75) is 20.5 Å². The molecule has 3 aromatic rings. The Bertz CT molecular complexity index is 707. The summed E-state index contributed by atoms with van der Waals surface area (Å²) < 4.78 is 5.89. The Kier molecular flexibility index (Phi) is 3.84. The number of fused-ring (bicyclic) bond motifs is 1. The van der Waals surface area contributed by atoms with E-state index < -0.39 is 0 Å². The number of ether oxygens (including phenoxy) is 1. The predicted octanol–water partition coefficient (Wildman–Crippen LogP) is 4.07. The van der Waals surface area contributed by atoms with Crippen LogP contribution in [-0.4, -0.2) is 16.5 Å². The second-order valence-corrected chi connectivity index (χ2v) is 6.59. The maximum atomic E-state index is 5.89. The second kappa shape index (κ2) is 5.76. The number of hydrogen-bond acceptors (Lipinski definition) is 6. The molecule has 0 aliphatic rings. The first-order valence-electron chi connectivity index (χ1n) is 6.43. The summed E-state index contributed by atoms with van der Waals surface area (Å²) in [5.74, 6) is 1.28. The molecule has 0 fully saturated rings. The van der Waals surface area contributed by atoms with Gasteiger partial charge in [-0.2, -0.15) is 4.98 Å². The standard InChI is InChI=1S/C14H15N3OS2/c1-3-15-14-16-12(18-8-10-5-4-6-19-10)11-7-9(2)20-13(11)17-14/h4-7H,3,8H2,1-2H3,(H,15,16,17). The molecule has 0 saturated heterocycles. The minimum Gasteiger partial charge on any atom is -0.471 e. The normalized spacial score (nSPS) is 10.9. The van der Waals surface area contributed by atoms with Gasteiger partial charge in [-0.05, 0) is 31.4 Å². The topological polar surface area (TPSA) is 47.0 Å². The van der Waals surface area contributed by atoms with Crippen LogP contribution in [0.3, 0.4) is 0 Å². The van der Waals surface area contributed by atoms with Gasteiger partial charge in [0.1, 0.15) is 11.4 Å². The lowest BCUT2D eigenvalue weighted by atomic mass is 10.3. The van der Waals surface area contributed by atoms with Gasteiger partial charge in [-0.3, -0.25) is 0 Å². The van der Waals surface area contributed by atoms with Crippen LogP contribution in [0.15, 0.2) is 23.6 Å². The maximum absolute atomic E-state index is 5.89. The smallest absolute Gasteiger partial charge is 0.227 e. The van der Waals surface area contributed by atoms with Crippen LogP contribution in [0.4, 0.5) is 5.95 Å². The van der Waals surface area contributed by atoms with Crippen molar-refractivity contribution < 1.29 is 4.74 Å². The molecule has 0 amide bonds. The Labute approximate surface area is 125 Å². The van der Waals surface area contributed by atoms with E-state index >= 15 is 0 Å². The van der Waals surface area contributed by atoms with Crippen molar-refractivity contribution in [3.63, 3.8) is 0 Å². The SMILES string of the molecule is CCNc1nc(OCc2cccs2)c2cc(C)sc2n1. The van der Waals surface area contributed by atoms with Crippen molar-refractivity contribution in [2.24, 2.45) is 0 Å². The summed E-state index contributed by atoms with van der Waals surface area (Å²) in [6.07, 6.45) is 0. The predicted molar refractivity (Wildman–Crippen MR) is 85.0 cm³/mol. The minimum atomic E-state index is 0.546. The van der Waals surface area contributed by atoms with Crippen molar-refractivity contribution in [2.75, 3.05) is 11.9 Å². The zero-order valence-corrected chi connectivity index (χ0v) is 13.0. The summed E-state index contributed by atoms with van der Waals surface area (Å²) in [7, 11) is 0. The van der Waals surface area contributed by atoms with Crippen molar-refractivity contribution in [3.05, 3.63) is 33.3 Å². The van der Waals surface area contributed by atoms with Crippen LogP contribution in [0.2, 0.25) is 0 Å². The molecule has 0 radical (unpaired) electrons. The third kappa shape index (κ3) is 2.76. The fraction of sp³-hybridized carbons (Fsp3) is 0.286. The molecule has 3 aromatic heterocycles. The molecule has 104 valence electrons. The highest BCUT2D eigenvalue weighted by Crippen LogP contribution is 2.31. The Morgan fingerprint density at radius 3 is 3.00 bits per heavy atom. The quantitative estimate of drug-likeness (QED) is 0.772. The van der Waals surface area contributed by atoms with E-state index in [9.17, 15) is 0 Å². The highest BCUT2D eigenvalue weighted by atomic mass is 32.1. The van der Waals surface area contributed by atoms with E-state index in [-0.39, 0.29) is 0 Å². The van der Waals surface area contributed by atoms with Crippen LogP contribution in [0, 0.1) is 6.92 Å². The molecule has 0 atom stereocenters. The number of aromatic nitrogens is 2. The summed E-state index contributed by atoms with van der Waals surface area (Å²) in [6, 6.07) is 6.17. The zero-order valence-electron chi connectivity index (χ0n) is 11.3. The number of nitrogens with zero attached hydrogens (tertiary/aromatic N) is 2. The van der Waals surface area contributed by atoms with E-state index in [1.165, 1.54) is 9.75 Å². The molecule has 3 rings (SSSR count). The second-order valence-electron chi connectivity index (χ2n) is 4.33. The van der Waals surface area contributed by atoms with Gasteiger partial charge in [-0.1, -0.05) is 6.07 Å². The van der Waals surface area contributed by atoms with E-state index in [1.54, 1.807) is 22.7 Å². The van der Waals surface area contributed by atoms with Crippen molar-refractivity contribution in [1.29, 1.82) is 0 Å². The Morgan fingerprint density at radius 2 is 2.25 bits per heavy atom. The molecule has 0 unspecified atom stereocenters. The lowest BCUT2D eigenvalue weighted by Crippen LogP contribution is -2.04. The summed E-state index contributed by atoms with van der Waals surface area (Å²) in [4.78, 5) is 12.3. The van der Waals surface area contributed by atoms with Gasteiger partial charge in [0.2, 0.25) is 11.8 Å². The molecule has 0 saturated carbocycles. The average molecular weight is 305 g/mol. The van der Waals surface area contributed by atoms with Crippen LogP contribution in [0.25, 0.3) is 10.2 Å².